The molecule has 0 amide bonds. The number of alkyl halides is 1. The Bertz CT molecular complexity index is 786. The Morgan fingerprint density at radius 3 is 2.47 bits per heavy atom. The molecule has 0 aromatic carbocycles. The Morgan fingerprint density at radius 2 is 1.79 bits per heavy atom. The largest absolute Gasteiger partial charge is 0.314 e. The Balaban J connectivity index is 1.45. The third kappa shape index (κ3) is 7.09. The monoisotopic (exact) mass is 533 g/mol. The lowest BCUT2D eigenvalue weighted by Crippen LogP contribution is -2.54. The van der Waals surface area contributed by atoms with Gasteiger partial charge in [-0.05, 0) is 120 Å². The third-order valence-electron chi connectivity index (χ3n) is 11.4. The summed E-state index contributed by atoms with van der Waals surface area (Å²) in [6.07, 6.45) is 13.6. The van der Waals surface area contributed by atoms with Gasteiger partial charge in [-0.25, -0.2) is 4.39 Å². The van der Waals surface area contributed by atoms with E-state index in [0.717, 1.165) is 32.2 Å². The van der Waals surface area contributed by atoms with Gasteiger partial charge in [0.15, 0.2) is 12.0 Å². The molecule has 38 heavy (non-hydrogen) atoms. The minimum atomic E-state index is -1.26. The van der Waals surface area contributed by atoms with Crippen LogP contribution in [0, 0.1) is 34.5 Å². The van der Waals surface area contributed by atoms with E-state index in [9.17, 15) is 9.18 Å². The highest BCUT2D eigenvalue weighted by molar-refractivity contribution is 5.92. The number of hydrogen-bond acceptors (Lipinski definition) is 4. The molecule has 3 fully saturated rings. The number of ketones is 1. The standard InChI is InChI=1S/C33H60FN3O/c1-8-9-13-20-37(7)21-14-11-10-12-19-36-24(2)15-17-32(4)25(3)30(35-6)22-26-27(32)16-18-33(5)28(26)23-29(34)31(33)38/h24-29,36H,8-23H2,1-7H3. The highest BCUT2D eigenvalue weighted by atomic mass is 19.1. The van der Waals surface area contributed by atoms with Crippen molar-refractivity contribution in [3.05, 3.63) is 0 Å². The van der Waals surface area contributed by atoms with E-state index in [1.165, 1.54) is 70.2 Å². The number of nitrogens with zero attached hydrogens (tertiary/aromatic N) is 2. The predicted octanol–water partition coefficient (Wildman–Crippen LogP) is 7.50. The fraction of sp³-hybridized carbons (Fsp3) is 0.939. The molecule has 0 aromatic rings. The molecule has 0 heterocycles. The zero-order valence-corrected chi connectivity index (χ0v) is 26.0. The second-order valence-corrected chi connectivity index (χ2v) is 13.9. The van der Waals surface area contributed by atoms with Crippen molar-refractivity contribution in [1.82, 2.24) is 10.2 Å². The van der Waals surface area contributed by atoms with Crippen LogP contribution < -0.4 is 5.32 Å². The highest BCUT2D eigenvalue weighted by Gasteiger charge is 2.62. The van der Waals surface area contributed by atoms with Gasteiger partial charge in [0.05, 0.1) is 0 Å². The molecule has 0 radical (unpaired) electrons. The van der Waals surface area contributed by atoms with Gasteiger partial charge in [-0.3, -0.25) is 9.79 Å². The van der Waals surface area contributed by atoms with Crippen LogP contribution in [0.2, 0.25) is 0 Å². The first kappa shape index (κ1) is 31.7. The molecule has 0 aliphatic heterocycles. The lowest BCUT2D eigenvalue weighted by atomic mass is 9.46. The van der Waals surface area contributed by atoms with E-state index < -0.39 is 11.6 Å². The number of aliphatic imine (C=N–C) groups is 1. The van der Waals surface area contributed by atoms with Crippen molar-refractivity contribution >= 4 is 11.5 Å². The number of carbonyl (C=O) groups excluding carboxylic acids is 1. The number of rotatable bonds is 15. The second kappa shape index (κ2) is 14.2. The fourth-order valence-electron chi connectivity index (χ4n) is 8.53. The molecule has 0 saturated heterocycles. The maximum Gasteiger partial charge on any atom is 0.173 e. The number of carbonyl (C=O) groups is 1. The minimum Gasteiger partial charge on any atom is -0.314 e. The molecule has 0 aromatic heterocycles. The van der Waals surface area contributed by atoms with Gasteiger partial charge in [-0.1, -0.05) is 53.4 Å². The summed E-state index contributed by atoms with van der Waals surface area (Å²) in [5.74, 6) is 1.47. The van der Waals surface area contributed by atoms with Crippen LogP contribution in [0.25, 0.3) is 0 Å². The number of unbranched alkanes of at least 4 members (excludes halogenated alkanes) is 5. The molecule has 220 valence electrons. The second-order valence-electron chi connectivity index (χ2n) is 13.9. The molecule has 8 unspecified atom stereocenters. The Morgan fingerprint density at radius 1 is 1.11 bits per heavy atom. The average Bonchev–Trinajstić information content (AvgIpc) is 3.13. The molecular weight excluding hydrogens is 473 g/mol. The van der Waals surface area contributed by atoms with E-state index in [0.29, 0.717) is 30.2 Å². The fourth-order valence-corrected chi connectivity index (χ4v) is 8.53. The van der Waals surface area contributed by atoms with Crippen LogP contribution in [0.15, 0.2) is 4.99 Å². The average molecular weight is 534 g/mol. The summed E-state index contributed by atoms with van der Waals surface area (Å²) in [7, 11) is 4.20. The van der Waals surface area contributed by atoms with E-state index >= 15 is 0 Å². The van der Waals surface area contributed by atoms with Gasteiger partial charge in [0.1, 0.15) is 0 Å². The van der Waals surface area contributed by atoms with Crippen molar-refractivity contribution in [2.24, 2.45) is 39.5 Å². The lowest BCUT2D eigenvalue weighted by Gasteiger charge is -2.57. The van der Waals surface area contributed by atoms with Crippen LogP contribution in [0.5, 0.6) is 0 Å². The van der Waals surface area contributed by atoms with Crippen LogP contribution in [0.1, 0.15) is 118 Å². The summed E-state index contributed by atoms with van der Waals surface area (Å²) >= 11 is 0. The Kier molecular flexibility index (Phi) is 11.8. The minimum absolute atomic E-state index is 0.118. The summed E-state index contributed by atoms with van der Waals surface area (Å²) in [5, 5.41) is 3.81. The number of hydrogen-bond donors (Lipinski definition) is 1. The van der Waals surface area contributed by atoms with Gasteiger partial charge < -0.3 is 10.2 Å². The molecule has 3 aliphatic rings. The van der Waals surface area contributed by atoms with Crippen LogP contribution >= 0.6 is 0 Å². The van der Waals surface area contributed by atoms with Crippen molar-refractivity contribution in [3.63, 3.8) is 0 Å². The summed E-state index contributed by atoms with van der Waals surface area (Å²) < 4.78 is 14.6. The smallest absolute Gasteiger partial charge is 0.173 e. The first-order valence-electron chi connectivity index (χ1n) is 16.1. The van der Waals surface area contributed by atoms with Gasteiger partial charge in [0, 0.05) is 24.2 Å². The van der Waals surface area contributed by atoms with E-state index in [1.807, 2.05) is 7.05 Å². The van der Waals surface area contributed by atoms with Gasteiger partial charge in [0.25, 0.3) is 0 Å². The quantitative estimate of drug-likeness (QED) is 0.222. The van der Waals surface area contributed by atoms with Crippen LogP contribution in [0.3, 0.4) is 0 Å². The molecule has 8 atom stereocenters. The lowest BCUT2D eigenvalue weighted by molar-refractivity contribution is -0.135. The first-order chi connectivity index (χ1) is 18.1. The van der Waals surface area contributed by atoms with Crippen LogP contribution in [-0.4, -0.2) is 62.3 Å². The number of nitrogens with one attached hydrogen (secondary N) is 1. The van der Waals surface area contributed by atoms with Crippen molar-refractivity contribution in [3.8, 4) is 0 Å². The Labute approximate surface area is 234 Å². The number of fused-ring (bicyclic) bond motifs is 3. The van der Waals surface area contributed by atoms with Crippen molar-refractivity contribution in [2.75, 3.05) is 33.7 Å². The molecule has 3 saturated carbocycles. The van der Waals surface area contributed by atoms with E-state index in [-0.39, 0.29) is 17.1 Å². The molecule has 1 N–H and O–H groups in total. The van der Waals surface area contributed by atoms with Gasteiger partial charge in [-0.2, -0.15) is 0 Å². The number of Topliss-reactive ketones (excluding diaryl/α,β-unsaturated/α-hetero) is 1. The summed E-state index contributed by atoms with van der Waals surface area (Å²) in [5.41, 5.74) is 1.000. The molecular formula is C33H60FN3O. The summed E-state index contributed by atoms with van der Waals surface area (Å²) in [6, 6.07) is 0.503. The Hall–Kier alpha value is -0.810. The number of halogens is 1. The van der Waals surface area contributed by atoms with Gasteiger partial charge in [-0.15, -0.1) is 0 Å². The van der Waals surface area contributed by atoms with Crippen LogP contribution in [0.4, 0.5) is 4.39 Å². The van der Waals surface area contributed by atoms with Crippen LogP contribution in [-0.2, 0) is 4.79 Å². The molecule has 5 heteroatoms. The SMILES string of the molecule is CCCCCN(C)CCCCCCNC(C)CCC1(C)C(C)C(=NC)CC2C3CC(F)C(=O)C3(C)CCC21. The highest BCUT2D eigenvalue weighted by Crippen LogP contribution is 2.63. The molecule has 3 rings (SSSR count). The van der Waals surface area contributed by atoms with Crippen molar-refractivity contribution < 1.29 is 9.18 Å². The predicted molar refractivity (Wildman–Crippen MR) is 160 cm³/mol. The first-order valence-corrected chi connectivity index (χ1v) is 16.1. The summed E-state index contributed by atoms with van der Waals surface area (Å²) in [6.45, 7) is 15.1. The zero-order chi connectivity index (χ0) is 27.9. The molecule has 0 spiro atoms. The van der Waals surface area contributed by atoms with E-state index in [4.69, 9.17) is 4.99 Å². The molecule has 3 aliphatic carbocycles. The summed E-state index contributed by atoms with van der Waals surface area (Å²) in [4.78, 5) is 20.0. The van der Waals surface area contributed by atoms with Crippen molar-refractivity contribution in [2.45, 2.75) is 130 Å². The van der Waals surface area contributed by atoms with Gasteiger partial charge in [0.2, 0.25) is 0 Å². The third-order valence-corrected chi connectivity index (χ3v) is 11.4. The van der Waals surface area contributed by atoms with Crippen molar-refractivity contribution in [1.29, 1.82) is 0 Å². The maximum absolute atomic E-state index is 14.6. The maximum atomic E-state index is 14.6. The van der Waals surface area contributed by atoms with E-state index in [1.54, 1.807) is 0 Å². The van der Waals surface area contributed by atoms with E-state index in [2.05, 4.69) is 51.9 Å². The molecule has 4 nitrogen and oxygen atoms in total. The normalized spacial score (nSPS) is 37.0. The van der Waals surface area contributed by atoms with Gasteiger partial charge >= 0.3 is 0 Å². The zero-order valence-electron chi connectivity index (χ0n) is 26.0. The topological polar surface area (TPSA) is 44.7 Å². The molecule has 0 bridgehead atoms.